The number of aryl methyl sites for hydroxylation is 1. The Morgan fingerprint density at radius 3 is 2.65 bits per heavy atom. The maximum absolute atomic E-state index is 5.61. The molecule has 0 radical (unpaired) electrons. The molecule has 1 unspecified atom stereocenters. The molecule has 102 valence electrons. The van der Waals surface area contributed by atoms with Crippen LogP contribution in [0.3, 0.4) is 0 Å². The van der Waals surface area contributed by atoms with Gasteiger partial charge in [-0.25, -0.2) is 4.98 Å². The smallest absolute Gasteiger partial charge is 0.141 e. The van der Waals surface area contributed by atoms with Gasteiger partial charge in [0.1, 0.15) is 11.9 Å². The van der Waals surface area contributed by atoms with Crippen LogP contribution in [0.5, 0.6) is 0 Å². The van der Waals surface area contributed by atoms with Crippen molar-refractivity contribution in [1.29, 1.82) is 0 Å². The molecular formula is C17H18N2O. The van der Waals surface area contributed by atoms with Crippen molar-refractivity contribution in [3.8, 4) is 0 Å². The summed E-state index contributed by atoms with van der Waals surface area (Å²) in [4.78, 5) is 8.04. The normalized spacial score (nSPS) is 12.7. The van der Waals surface area contributed by atoms with Gasteiger partial charge in [0, 0.05) is 7.11 Å². The molecule has 1 heterocycles. The zero-order valence-electron chi connectivity index (χ0n) is 11.8. The molecule has 1 atom stereocenters. The van der Waals surface area contributed by atoms with Crippen LogP contribution in [0.1, 0.15) is 30.0 Å². The van der Waals surface area contributed by atoms with Crippen molar-refractivity contribution in [2.75, 3.05) is 7.11 Å². The summed E-state index contributed by atoms with van der Waals surface area (Å²) in [6.45, 7) is 2.15. The number of methoxy groups -OCH3 is 1. The average molecular weight is 266 g/mol. The average Bonchev–Trinajstić information content (AvgIpc) is 2.91. The van der Waals surface area contributed by atoms with Crippen LogP contribution in [-0.4, -0.2) is 17.1 Å². The topological polar surface area (TPSA) is 37.9 Å². The largest absolute Gasteiger partial charge is 0.369 e. The predicted octanol–water partition coefficient (Wildman–Crippen LogP) is 3.86. The molecule has 3 aromatic rings. The second-order valence-electron chi connectivity index (χ2n) is 4.85. The van der Waals surface area contributed by atoms with Gasteiger partial charge >= 0.3 is 0 Å². The van der Waals surface area contributed by atoms with E-state index in [4.69, 9.17) is 4.74 Å². The van der Waals surface area contributed by atoms with E-state index >= 15 is 0 Å². The highest BCUT2D eigenvalue weighted by atomic mass is 16.5. The summed E-state index contributed by atoms with van der Waals surface area (Å²) in [5, 5.41) is 0. The third-order valence-electron chi connectivity index (χ3n) is 3.56. The third-order valence-corrected chi connectivity index (χ3v) is 3.56. The minimum atomic E-state index is -0.159. The summed E-state index contributed by atoms with van der Waals surface area (Å²) >= 11 is 0. The van der Waals surface area contributed by atoms with Crippen LogP contribution >= 0.6 is 0 Å². The molecular weight excluding hydrogens is 248 g/mol. The molecule has 0 aliphatic carbocycles. The fourth-order valence-corrected chi connectivity index (χ4v) is 2.45. The lowest BCUT2D eigenvalue weighted by atomic mass is 10.1. The van der Waals surface area contributed by atoms with Crippen LogP contribution in [-0.2, 0) is 11.2 Å². The predicted molar refractivity (Wildman–Crippen MR) is 80.8 cm³/mol. The van der Waals surface area contributed by atoms with Crippen molar-refractivity contribution in [3.05, 3.63) is 65.5 Å². The summed E-state index contributed by atoms with van der Waals surface area (Å²) in [6.07, 6.45) is 0.866. The van der Waals surface area contributed by atoms with E-state index in [-0.39, 0.29) is 6.10 Å². The number of imidazole rings is 1. The molecule has 0 fully saturated rings. The van der Waals surface area contributed by atoms with E-state index in [0.717, 1.165) is 28.8 Å². The van der Waals surface area contributed by atoms with Gasteiger partial charge in [-0.05, 0) is 29.7 Å². The number of fused-ring (bicyclic) bond motifs is 1. The number of ether oxygens (including phenoxy) is 1. The van der Waals surface area contributed by atoms with Crippen LogP contribution in [0.4, 0.5) is 0 Å². The number of hydrogen-bond acceptors (Lipinski definition) is 2. The number of aromatic amines is 1. The van der Waals surface area contributed by atoms with Gasteiger partial charge in [-0.1, -0.05) is 43.3 Å². The second kappa shape index (κ2) is 5.47. The molecule has 0 spiro atoms. The third kappa shape index (κ3) is 2.32. The minimum absolute atomic E-state index is 0.159. The van der Waals surface area contributed by atoms with Crippen LogP contribution in [0, 0.1) is 0 Å². The number of H-pyrrole nitrogens is 1. The van der Waals surface area contributed by atoms with Crippen molar-refractivity contribution in [1.82, 2.24) is 9.97 Å². The molecule has 0 bridgehead atoms. The fraction of sp³-hybridized carbons (Fsp3) is 0.235. The molecule has 1 aromatic heterocycles. The van der Waals surface area contributed by atoms with Gasteiger partial charge in [0.15, 0.2) is 0 Å². The monoisotopic (exact) mass is 266 g/mol. The minimum Gasteiger partial charge on any atom is -0.369 e. The summed E-state index contributed by atoms with van der Waals surface area (Å²) in [5.74, 6) is 0.849. The number of nitrogens with zero attached hydrogens (tertiary/aromatic N) is 1. The van der Waals surface area contributed by atoms with Crippen LogP contribution in [0.25, 0.3) is 11.0 Å². The van der Waals surface area contributed by atoms with E-state index in [9.17, 15) is 0 Å². The zero-order valence-corrected chi connectivity index (χ0v) is 11.8. The van der Waals surface area contributed by atoms with Gasteiger partial charge in [0.2, 0.25) is 0 Å². The zero-order chi connectivity index (χ0) is 13.9. The number of nitrogens with one attached hydrogen (secondary N) is 1. The van der Waals surface area contributed by atoms with E-state index in [1.807, 2.05) is 18.2 Å². The lowest BCUT2D eigenvalue weighted by Crippen LogP contribution is -2.05. The summed E-state index contributed by atoms with van der Waals surface area (Å²) in [6, 6.07) is 16.5. The van der Waals surface area contributed by atoms with Gasteiger partial charge in [-0.2, -0.15) is 0 Å². The quantitative estimate of drug-likeness (QED) is 0.778. The van der Waals surface area contributed by atoms with Gasteiger partial charge in [-0.15, -0.1) is 0 Å². The van der Waals surface area contributed by atoms with Gasteiger partial charge in [0.25, 0.3) is 0 Å². The lowest BCUT2D eigenvalue weighted by Gasteiger charge is -2.12. The Balaban J connectivity index is 2.04. The Morgan fingerprint density at radius 2 is 1.95 bits per heavy atom. The van der Waals surface area contributed by atoms with Crippen molar-refractivity contribution in [2.45, 2.75) is 19.4 Å². The molecule has 20 heavy (non-hydrogen) atoms. The first-order chi connectivity index (χ1) is 9.81. The van der Waals surface area contributed by atoms with Gasteiger partial charge in [-0.3, -0.25) is 0 Å². The first kappa shape index (κ1) is 12.9. The van der Waals surface area contributed by atoms with Crippen molar-refractivity contribution >= 4 is 11.0 Å². The molecule has 3 heteroatoms. The molecule has 3 nitrogen and oxygen atoms in total. The number of benzene rings is 2. The van der Waals surface area contributed by atoms with E-state index in [2.05, 4.69) is 47.2 Å². The van der Waals surface area contributed by atoms with Gasteiger partial charge in [0.05, 0.1) is 11.0 Å². The van der Waals surface area contributed by atoms with Gasteiger partial charge < -0.3 is 9.72 Å². The first-order valence-corrected chi connectivity index (χ1v) is 6.88. The molecule has 0 saturated carbocycles. The molecule has 0 saturated heterocycles. The van der Waals surface area contributed by atoms with E-state index in [1.54, 1.807) is 7.11 Å². The Bertz CT molecular complexity index is 703. The number of aromatic nitrogens is 2. The first-order valence-electron chi connectivity index (χ1n) is 6.88. The fourth-order valence-electron chi connectivity index (χ4n) is 2.45. The number of rotatable bonds is 4. The SMILES string of the molecule is CCc1ccc2nc(C(OC)c3ccccc3)[nH]c2c1. The Kier molecular flexibility index (Phi) is 3.52. The maximum Gasteiger partial charge on any atom is 0.141 e. The highest BCUT2D eigenvalue weighted by Crippen LogP contribution is 2.25. The van der Waals surface area contributed by atoms with Crippen molar-refractivity contribution in [3.63, 3.8) is 0 Å². The molecule has 0 amide bonds. The maximum atomic E-state index is 5.61. The highest BCUT2D eigenvalue weighted by Gasteiger charge is 2.17. The Hall–Kier alpha value is -2.13. The second-order valence-corrected chi connectivity index (χ2v) is 4.85. The van der Waals surface area contributed by atoms with Crippen molar-refractivity contribution < 1.29 is 4.74 Å². The van der Waals surface area contributed by atoms with E-state index < -0.39 is 0 Å². The lowest BCUT2D eigenvalue weighted by molar-refractivity contribution is 0.130. The summed E-state index contributed by atoms with van der Waals surface area (Å²) in [7, 11) is 1.71. The molecule has 1 N–H and O–H groups in total. The van der Waals surface area contributed by atoms with Crippen LogP contribution in [0.2, 0.25) is 0 Å². The Labute approximate surface area is 118 Å². The summed E-state index contributed by atoms with van der Waals surface area (Å²) in [5.41, 5.74) is 4.46. The molecule has 2 aromatic carbocycles. The standard InChI is InChI=1S/C17H18N2O/c1-3-12-9-10-14-15(11-12)19-17(18-14)16(20-2)13-7-5-4-6-8-13/h4-11,16H,3H2,1-2H3,(H,18,19). The van der Waals surface area contributed by atoms with Crippen LogP contribution < -0.4 is 0 Å². The summed E-state index contributed by atoms with van der Waals surface area (Å²) < 4.78 is 5.61. The van der Waals surface area contributed by atoms with Crippen molar-refractivity contribution in [2.24, 2.45) is 0 Å². The molecule has 0 aliphatic rings. The Morgan fingerprint density at radius 1 is 1.15 bits per heavy atom. The number of hydrogen-bond donors (Lipinski definition) is 1. The van der Waals surface area contributed by atoms with Crippen LogP contribution in [0.15, 0.2) is 48.5 Å². The van der Waals surface area contributed by atoms with E-state index in [0.29, 0.717) is 0 Å². The molecule has 0 aliphatic heterocycles. The molecule has 3 rings (SSSR count). The van der Waals surface area contributed by atoms with E-state index in [1.165, 1.54) is 5.56 Å². The highest BCUT2D eigenvalue weighted by molar-refractivity contribution is 5.76.